The topological polar surface area (TPSA) is 71.8 Å². The molecule has 25 heavy (non-hydrogen) atoms. The molecule has 0 aliphatic carbocycles. The number of imidazole rings is 1. The smallest absolute Gasteiger partial charge is 0.138 e. The number of benzene rings is 2. The summed E-state index contributed by atoms with van der Waals surface area (Å²) in [7, 11) is 0. The Morgan fingerprint density at radius 3 is 2.56 bits per heavy atom. The van der Waals surface area contributed by atoms with E-state index in [0.29, 0.717) is 6.42 Å². The van der Waals surface area contributed by atoms with Gasteiger partial charge >= 0.3 is 0 Å². The Hall–Kier alpha value is -3.47. The molecule has 0 aliphatic heterocycles. The molecule has 0 spiro atoms. The van der Waals surface area contributed by atoms with Crippen molar-refractivity contribution in [3.05, 3.63) is 72.6 Å². The van der Waals surface area contributed by atoms with E-state index in [-0.39, 0.29) is 0 Å². The van der Waals surface area contributed by atoms with Crippen LogP contribution in [0, 0.1) is 0 Å². The maximum absolute atomic E-state index is 10.6. The monoisotopic (exact) mass is 329 g/mol. The van der Waals surface area contributed by atoms with Gasteiger partial charge in [0.1, 0.15) is 24.1 Å². The third-order valence-corrected chi connectivity index (χ3v) is 4.02. The number of nitrogens with one attached hydrogen (secondary N) is 1. The minimum atomic E-state index is 0.421. The maximum Gasteiger partial charge on any atom is 0.138 e. The lowest BCUT2D eigenvalue weighted by Crippen LogP contribution is -1.87. The van der Waals surface area contributed by atoms with Crippen molar-refractivity contribution in [2.45, 2.75) is 6.42 Å². The number of hydrogen-bond donors (Lipinski definition) is 1. The molecule has 0 unspecified atom stereocenters. The van der Waals surface area contributed by atoms with Crippen molar-refractivity contribution in [2.75, 3.05) is 0 Å². The summed E-state index contributed by atoms with van der Waals surface area (Å²) in [6, 6.07) is 17.6. The van der Waals surface area contributed by atoms with Gasteiger partial charge in [-0.1, -0.05) is 59.8 Å². The first kappa shape index (κ1) is 15.1. The molecule has 0 fully saturated rings. The van der Waals surface area contributed by atoms with Gasteiger partial charge in [0, 0.05) is 23.7 Å². The number of aromatic amines is 1. The third-order valence-electron chi connectivity index (χ3n) is 4.02. The van der Waals surface area contributed by atoms with Crippen LogP contribution < -0.4 is 0 Å². The molecule has 5 heteroatoms. The SMILES string of the molecule is O=CCc1ccc(-c2nc(-c3conc3-c3ccccc3)c[nH]2)cc1. The zero-order chi connectivity index (χ0) is 17.1. The van der Waals surface area contributed by atoms with Gasteiger partial charge < -0.3 is 14.3 Å². The molecular formula is C20H15N3O2. The highest BCUT2D eigenvalue weighted by Crippen LogP contribution is 2.31. The molecule has 0 saturated heterocycles. The molecule has 4 aromatic rings. The molecule has 0 radical (unpaired) electrons. The molecular weight excluding hydrogens is 314 g/mol. The minimum absolute atomic E-state index is 0.421. The van der Waals surface area contributed by atoms with Crippen molar-refractivity contribution in [1.29, 1.82) is 0 Å². The van der Waals surface area contributed by atoms with Gasteiger partial charge in [0.15, 0.2) is 0 Å². The second kappa shape index (κ2) is 6.57. The molecule has 4 rings (SSSR count). The molecule has 0 aliphatic rings. The highest BCUT2D eigenvalue weighted by molar-refractivity contribution is 5.78. The Bertz CT molecular complexity index is 985. The molecule has 5 nitrogen and oxygen atoms in total. The second-order valence-corrected chi connectivity index (χ2v) is 5.64. The van der Waals surface area contributed by atoms with E-state index >= 15 is 0 Å². The molecule has 2 aromatic carbocycles. The average molecular weight is 329 g/mol. The summed E-state index contributed by atoms with van der Waals surface area (Å²) in [6.07, 6.45) is 4.77. The predicted octanol–water partition coefficient (Wildman–Crippen LogP) is 4.14. The quantitative estimate of drug-likeness (QED) is 0.559. The molecule has 0 saturated carbocycles. The van der Waals surface area contributed by atoms with Crippen LogP contribution in [0.4, 0.5) is 0 Å². The lowest BCUT2D eigenvalue weighted by atomic mass is 10.1. The fourth-order valence-corrected chi connectivity index (χ4v) is 2.73. The van der Waals surface area contributed by atoms with E-state index < -0.39 is 0 Å². The Morgan fingerprint density at radius 2 is 1.80 bits per heavy atom. The third kappa shape index (κ3) is 2.99. The van der Waals surface area contributed by atoms with Gasteiger partial charge in [0.2, 0.25) is 0 Å². The molecule has 0 atom stereocenters. The van der Waals surface area contributed by atoms with E-state index in [1.807, 2.05) is 60.8 Å². The molecule has 2 heterocycles. The number of hydrogen-bond acceptors (Lipinski definition) is 4. The molecule has 0 amide bonds. The Kier molecular flexibility index (Phi) is 3.96. The first-order chi connectivity index (χ1) is 12.3. The van der Waals surface area contributed by atoms with Gasteiger partial charge in [-0.3, -0.25) is 0 Å². The lowest BCUT2D eigenvalue weighted by Gasteiger charge is -1.99. The van der Waals surface area contributed by atoms with Crippen molar-refractivity contribution < 1.29 is 9.32 Å². The molecule has 2 aromatic heterocycles. The van der Waals surface area contributed by atoms with E-state index in [9.17, 15) is 4.79 Å². The number of aldehydes is 1. The highest BCUT2D eigenvalue weighted by atomic mass is 16.5. The van der Waals surface area contributed by atoms with Crippen LogP contribution >= 0.6 is 0 Å². The van der Waals surface area contributed by atoms with Gasteiger partial charge in [-0.05, 0) is 5.56 Å². The Balaban J connectivity index is 1.66. The average Bonchev–Trinajstić information content (AvgIpc) is 3.33. The minimum Gasteiger partial charge on any atom is -0.363 e. The van der Waals surface area contributed by atoms with Crippen LogP contribution in [0.1, 0.15) is 5.56 Å². The van der Waals surface area contributed by atoms with Crippen LogP contribution in [0.5, 0.6) is 0 Å². The zero-order valence-electron chi connectivity index (χ0n) is 13.3. The fourth-order valence-electron chi connectivity index (χ4n) is 2.73. The summed E-state index contributed by atoms with van der Waals surface area (Å²) in [6.45, 7) is 0. The van der Waals surface area contributed by atoms with Gasteiger partial charge in [-0.25, -0.2) is 4.98 Å². The summed E-state index contributed by atoms with van der Waals surface area (Å²) in [4.78, 5) is 18.4. The van der Waals surface area contributed by atoms with E-state index in [2.05, 4.69) is 15.1 Å². The highest BCUT2D eigenvalue weighted by Gasteiger charge is 2.15. The summed E-state index contributed by atoms with van der Waals surface area (Å²) in [5, 5.41) is 4.11. The van der Waals surface area contributed by atoms with Gasteiger partial charge in [-0.15, -0.1) is 0 Å². The lowest BCUT2D eigenvalue weighted by molar-refractivity contribution is -0.107. The number of carbonyl (C=O) groups excluding carboxylic acids is 1. The molecule has 1 N–H and O–H groups in total. The molecule has 122 valence electrons. The van der Waals surface area contributed by atoms with Crippen LogP contribution in [-0.2, 0) is 11.2 Å². The number of carbonyl (C=O) groups is 1. The van der Waals surface area contributed by atoms with E-state index in [4.69, 9.17) is 4.52 Å². The van der Waals surface area contributed by atoms with Crippen LogP contribution in [0.3, 0.4) is 0 Å². The molecule has 0 bridgehead atoms. The first-order valence-electron chi connectivity index (χ1n) is 7.93. The first-order valence-corrected chi connectivity index (χ1v) is 7.93. The normalized spacial score (nSPS) is 10.7. The van der Waals surface area contributed by atoms with Crippen molar-refractivity contribution in [2.24, 2.45) is 0 Å². The number of H-pyrrole nitrogens is 1. The summed E-state index contributed by atoms with van der Waals surface area (Å²) < 4.78 is 5.18. The van der Waals surface area contributed by atoms with Crippen molar-refractivity contribution in [3.8, 4) is 33.9 Å². The van der Waals surface area contributed by atoms with Crippen LogP contribution in [0.15, 0.2) is 71.6 Å². The predicted molar refractivity (Wildman–Crippen MR) is 94.7 cm³/mol. The van der Waals surface area contributed by atoms with E-state index in [1.165, 1.54) is 0 Å². The van der Waals surface area contributed by atoms with E-state index in [1.54, 1.807) is 6.26 Å². The van der Waals surface area contributed by atoms with Crippen molar-refractivity contribution in [3.63, 3.8) is 0 Å². The fraction of sp³-hybridized carbons (Fsp3) is 0.0500. The van der Waals surface area contributed by atoms with Crippen LogP contribution in [0.25, 0.3) is 33.9 Å². The van der Waals surface area contributed by atoms with Gasteiger partial charge in [-0.2, -0.15) is 0 Å². The Labute approximate surface area is 144 Å². The number of nitrogens with zero attached hydrogens (tertiary/aromatic N) is 2. The van der Waals surface area contributed by atoms with Gasteiger partial charge in [0.05, 0.1) is 11.3 Å². The second-order valence-electron chi connectivity index (χ2n) is 5.64. The number of rotatable bonds is 5. The van der Waals surface area contributed by atoms with Crippen LogP contribution in [0.2, 0.25) is 0 Å². The van der Waals surface area contributed by atoms with Gasteiger partial charge in [0.25, 0.3) is 0 Å². The summed E-state index contributed by atoms with van der Waals surface area (Å²) in [5.74, 6) is 0.757. The standard InChI is InChI=1S/C20H15N3O2/c24-11-10-14-6-8-16(9-7-14)20-21-12-18(22-20)17-13-25-23-19(17)15-4-2-1-3-5-15/h1-9,11-13H,10H2,(H,21,22). The summed E-state index contributed by atoms with van der Waals surface area (Å²) >= 11 is 0. The maximum atomic E-state index is 10.6. The Morgan fingerprint density at radius 1 is 1.00 bits per heavy atom. The largest absolute Gasteiger partial charge is 0.363 e. The summed E-state index contributed by atoms with van der Waals surface area (Å²) in [5.41, 5.74) is 5.29. The van der Waals surface area contributed by atoms with Crippen molar-refractivity contribution in [1.82, 2.24) is 15.1 Å². The van der Waals surface area contributed by atoms with Crippen LogP contribution in [-0.4, -0.2) is 21.4 Å². The van der Waals surface area contributed by atoms with Crippen molar-refractivity contribution >= 4 is 6.29 Å². The van der Waals surface area contributed by atoms with E-state index in [0.717, 1.165) is 45.8 Å². The number of aromatic nitrogens is 3. The zero-order valence-corrected chi connectivity index (χ0v) is 13.3.